The van der Waals surface area contributed by atoms with Crippen LogP contribution in [0.5, 0.6) is 0 Å². The number of hydrogen-bond donors (Lipinski definition) is 2. The molecule has 1 aromatic rings. The molecule has 0 spiro atoms. The van der Waals surface area contributed by atoms with Gasteiger partial charge in [-0.2, -0.15) is 0 Å². The summed E-state index contributed by atoms with van der Waals surface area (Å²) >= 11 is 6.21. The fourth-order valence-corrected chi connectivity index (χ4v) is 3.01. The summed E-state index contributed by atoms with van der Waals surface area (Å²) in [6.45, 7) is 8.54. The van der Waals surface area contributed by atoms with E-state index in [0.717, 1.165) is 36.5 Å². The van der Waals surface area contributed by atoms with Crippen LogP contribution in [0.1, 0.15) is 32.3 Å². The van der Waals surface area contributed by atoms with E-state index in [1.54, 1.807) is 0 Å². The first-order chi connectivity index (χ1) is 10.5. The minimum Gasteiger partial charge on any atom is -0.371 e. The van der Waals surface area contributed by atoms with Crippen molar-refractivity contribution >= 4 is 23.2 Å². The van der Waals surface area contributed by atoms with Crippen molar-refractivity contribution < 1.29 is 4.79 Å². The van der Waals surface area contributed by atoms with Crippen LogP contribution in [-0.4, -0.2) is 37.6 Å². The molecule has 22 heavy (non-hydrogen) atoms. The second-order valence-corrected chi connectivity index (χ2v) is 6.38. The number of carbonyl (C=O) groups is 1. The lowest BCUT2D eigenvalue weighted by Crippen LogP contribution is -2.50. The van der Waals surface area contributed by atoms with Crippen LogP contribution in [0.3, 0.4) is 0 Å². The van der Waals surface area contributed by atoms with Crippen molar-refractivity contribution in [1.82, 2.24) is 10.6 Å². The predicted octanol–water partition coefficient (Wildman–Crippen LogP) is 2.73. The zero-order valence-corrected chi connectivity index (χ0v) is 14.4. The Morgan fingerprint density at radius 3 is 2.68 bits per heavy atom. The Labute approximate surface area is 138 Å². The first-order valence-corrected chi connectivity index (χ1v) is 8.44. The molecular weight excluding hydrogens is 298 g/mol. The number of nitrogens with one attached hydrogen (secondary N) is 2. The quantitative estimate of drug-likeness (QED) is 0.875. The van der Waals surface area contributed by atoms with Crippen LogP contribution in [0.25, 0.3) is 0 Å². The second kappa shape index (κ2) is 7.84. The third-order valence-corrected chi connectivity index (χ3v) is 4.65. The normalized spacial score (nSPS) is 17.4. The molecule has 1 aliphatic heterocycles. The molecule has 0 aliphatic carbocycles. The molecule has 1 fully saturated rings. The van der Waals surface area contributed by atoms with Gasteiger partial charge in [-0.25, -0.2) is 0 Å². The first kappa shape index (κ1) is 17.1. The van der Waals surface area contributed by atoms with Crippen molar-refractivity contribution in [3.63, 3.8) is 0 Å². The predicted molar refractivity (Wildman–Crippen MR) is 92.7 cm³/mol. The Hall–Kier alpha value is -1.26. The van der Waals surface area contributed by atoms with Crippen molar-refractivity contribution in [3.05, 3.63) is 28.8 Å². The Bertz CT molecular complexity index is 513. The highest BCUT2D eigenvalue weighted by Crippen LogP contribution is 2.25. The molecule has 1 amide bonds. The van der Waals surface area contributed by atoms with Crippen molar-refractivity contribution in [2.45, 2.75) is 45.7 Å². The van der Waals surface area contributed by atoms with Crippen LogP contribution in [0.2, 0.25) is 5.02 Å². The number of rotatable bonds is 5. The number of likely N-dealkylation sites (N-methyl/N-ethyl adjacent to an activating group) is 1. The van der Waals surface area contributed by atoms with E-state index in [1.165, 1.54) is 5.69 Å². The van der Waals surface area contributed by atoms with Crippen molar-refractivity contribution in [2.24, 2.45) is 0 Å². The summed E-state index contributed by atoms with van der Waals surface area (Å²) in [7, 11) is 0. The fraction of sp³-hybridized carbons (Fsp3) is 0.588. The molecule has 1 aliphatic rings. The number of amides is 1. The van der Waals surface area contributed by atoms with Crippen LogP contribution in [0, 0.1) is 6.92 Å². The van der Waals surface area contributed by atoms with E-state index >= 15 is 0 Å². The molecule has 4 nitrogen and oxygen atoms in total. The number of benzene rings is 1. The molecule has 1 aromatic carbocycles. The van der Waals surface area contributed by atoms with Crippen LogP contribution in [-0.2, 0) is 4.79 Å². The van der Waals surface area contributed by atoms with Gasteiger partial charge in [-0.05, 0) is 51.3 Å². The van der Waals surface area contributed by atoms with Gasteiger partial charge in [0.25, 0.3) is 0 Å². The van der Waals surface area contributed by atoms with Crippen molar-refractivity contribution in [1.29, 1.82) is 0 Å². The zero-order chi connectivity index (χ0) is 16.1. The summed E-state index contributed by atoms with van der Waals surface area (Å²) in [5, 5.41) is 7.11. The molecule has 1 saturated heterocycles. The van der Waals surface area contributed by atoms with E-state index in [-0.39, 0.29) is 11.9 Å². The molecule has 1 heterocycles. The molecule has 1 atom stereocenters. The van der Waals surface area contributed by atoms with Gasteiger partial charge in [0.2, 0.25) is 5.91 Å². The lowest BCUT2D eigenvalue weighted by Gasteiger charge is -2.35. The number of piperidine rings is 1. The minimum absolute atomic E-state index is 0.0789. The molecule has 2 N–H and O–H groups in total. The highest BCUT2D eigenvalue weighted by atomic mass is 35.5. The first-order valence-electron chi connectivity index (χ1n) is 8.06. The van der Waals surface area contributed by atoms with Gasteiger partial charge in [0.15, 0.2) is 0 Å². The number of hydrogen-bond acceptors (Lipinski definition) is 3. The SMILES string of the molecule is CCNC(=O)[C@@H](C)NC1CCN(c2ccc(C)c(Cl)c2)CC1. The molecule has 0 bridgehead atoms. The minimum atomic E-state index is -0.134. The molecule has 0 saturated carbocycles. The Morgan fingerprint density at radius 1 is 1.41 bits per heavy atom. The summed E-state index contributed by atoms with van der Waals surface area (Å²) in [5.74, 6) is 0.0789. The number of nitrogens with zero attached hydrogens (tertiary/aromatic N) is 1. The Morgan fingerprint density at radius 2 is 2.09 bits per heavy atom. The molecule has 0 unspecified atom stereocenters. The second-order valence-electron chi connectivity index (χ2n) is 5.98. The van der Waals surface area contributed by atoms with Gasteiger partial charge < -0.3 is 15.5 Å². The van der Waals surface area contributed by atoms with Gasteiger partial charge in [0.1, 0.15) is 0 Å². The maximum atomic E-state index is 11.8. The van der Waals surface area contributed by atoms with E-state index in [1.807, 2.05) is 26.8 Å². The van der Waals surface area contributed by atoms with Gasteiger partial charge in [0.05, 0.1) is 6.04 Å². The highest BCUT2D eigenvalue weighted by Gasteiger charge is 2.23. The van der Waals surface area contributed by atoms with E-state index in [4.69, 9.17) is 11.6 Å². The van der Waals surface area contributed by atoms with Gasteiger partial charge in [-0.1, -0.05) is 17.7 Å². The molecule has 0 aromatic heterocycles. The summed E-state index contributed by atoms with van der Waals surface area (Å²) in [6, 6.07) is 6.51. The molecule has 0 radical (unpaired) electrons. The maximum Gasteiger partial charge on any atom is 0.236 e. The largest absolute Gasteiger partial charge is 0.371 e. The maximum absolute atomic E-state index is 11.8. The highest BCUT2D eigenvalue weighted by molar-refractivity contribution is 6.31. The summed E-state index contributed by atoms with van der Waals surface area (Å²) in [6.07, 6.45) is 2.07. The summed E-state index contributed by atoms with van der Waals surface area (Å²) in [4.78, 5) is 14.1. The van der Waals surface area contributed by atoms with Crippen molar-refractivity contribution in [2.75, 3.05) is 24.5 Å². The Kier molecular flexibility index (Phi) is 6.09. The van der Waals surface area contributed by atoms with Crippen molar-refractivity contribution in [3.8, 4) is 0 Å². The topological polar surface area (TPSA) is 44.4 Å². The average molecular weight is 324 g/mol. The smallest absolute Gasteiger partial charge is 0.236 e. The monoisotopic (exact) mass is 323 g/mol. The third-order valence-electron chi connectivity index (χ3n) is 4.25. The third kappa shape index (κ3) is 4.37. The van der Waals surface area contributed by atoms with E-state index in [9.17, 15) is 4.79 Å². The van der Waals surface area contributed by atoms with Crippen LogP contribution < -0.4 is 15.5 Å². The molecule has 2 rings (SSSR count). The molecule has 122 valence electrons. The van der Waals surface area contributed by atoms with Gasteiger partial charge in [-0.3, -0.25) is 4.79 Å². The molecular formula is C17H26ClN3O. The van der Waals surface area contributed by atoms with Gasteiger partial charge in [0, 0.05) is 36.4 Å². The van der Waals surface area contributed by atoms with E-state index in [2.05, 4.69) is 27.7 Å². The number of carbonyl (C=O) groups excluding carboxylic acids is 1. The molecule has 5 heteroatoms. The van der Waals surface area contributed by atoms with Gasteiger partial charge >= 0.3 is 0 Å². The van der Waals surface area contributed by atoms with Crippen LogP contribution in [0.4, 0.5) is 5.69 Å². The van der Waals surface area contributed by atoms with E-state index < -0.39 is 0 Å². The summed E-state index contributed by atoms with van der Waals surface area (Å²) < 4.78 is 0. The standard InChI is InChI=1S/C17H26ClN3O/c1-4-19-17(22)13(3)20-14-7-9-21(10-8-14)15-6-5-12(2)16(18)11-15/h5-6,11,13-14,20H,4,7-10H2,1-3H3,(H,19,22)/t13-/m1/s1. The number of halogens is 1. The average Bonchev–Trinajstić information content (AvgIpc) is 2.51. The zero-order valence-electron chi connectivity index (χ0n) is 13.7. The lowest BCUT2D eigenvalue weighted by atomic mass is 10.0. The Balaban J connectivity index is 1.85. The van der Waals surface area contributed by atoms with Gasteiger partial charge in [-0.15, -0.1) is 0 Å². The van der Waals surface area contributed by atoms with Crippen LogP contribution >= 0.6 is 11.6 Å². The lowest BCUT2D eigenvalue weighted by molar-refractivity contribution is -0.122. The summed E-state index contributed by atoms with van der Waals surface area (Å²) in [5.41, 5.74) is 2.29. The number of anilines is 1. The van der Waals surface area contributed by atoms with E-state index in [0.29, 0.717) is 12.6 Å². The number of aryl methyl sites for hydroxylation is 1. The fourth-order valence-electron chi connectivity index (χ4n) is 2.84. The van der Waals surface area contributed by atoms with Crippen LogP contribution in [0.15, 0.2) is 18.2 Å².